The molecule has 1 fully saturated rings. The fraction of sp³-hybridized carbons (Fsp3) is 0.348. The highest BCUT2D eigenvalue weighted by atomic mass is 16.5. The molecular weight excluding hydrogens is 382 g/mol. The van der Waals surface area contributed by atoms with Crippen LogP contribution < -0.4 is 15.0 Å². The van der Waals surface area contributed by atoms with Crippen molar-refractivity contribution in [1.82, 2.24) is 14.5 Å². The number of nitrogens with zero attached hydrogens (tertiary/aromatic N) is 3. The Kier molecular flexibility index (Phi) is 5.44. The van der Waals surface area contributed by atoms with Gasteiger partial charge >= 0.3 is 0 Å². The summed E-state index contributed by atoms with van der Waals surface area (Å²) >= 11 is 0. The van der Waals surface area contributed by atoms with Gasteiger partial charge in [-0.3, -0.25) is 14.2 Å². The van der Waals surface area contributed by atoms with Crippen LogP contribution in [-0.4, -0.2) is 47.7 Å². The first-order valence-electron chi connectivity index (χ1n) is 10.1. The number of piperidine rings is 1. The average Bonchev–Trinajstić information content (AvgIpc) is 2.79. The summed E-state index contributed by atoms with van der Waals surface area (Å²) in [6.45, 7) is 3.32. The number of rotatable bonds is 4. The SMILES string of the molecule is COc1cc2c(C(=O)N3CCCCC3)cn(-c3ncccc3C)c(=O)c2cc1OC. The van der Waals surface area contributed by atoms with E-state index in [-0.39, 0.29) is 11.5 Å². The van der Waals surface area contributed by atoms with E-state index in [9.17, 15) is 9.59 Å². The third-order valence-corrected chi connectivity index (χ3v) is 5.60. The summed E-state index contributed by atoms with van der Waals surface area (Å²) in [6, 6.07) is 7.05. The number of aryl methyl sites for hydroxylation is 1. The molecule has 156 valence electrons. The Morgan fingerprint density at radius 1 is 1.03 bits per heavy atom. The Bertz CT molecular complexity index is 1160. The van der Waals surface area contributed by atoms with E-state index in [0.29, 0.717) is 33.7 Å². The summed E-state index contributed by atoms with van der Waals surface area (Å²) in [6.07, 6.45) is 6.35. The predicted molar refractivity (Wildman–Crippen MR) is 115 cm³/mol. The predicted octanol–water partition coefficient (Wildman–Crippen LogP) is 3.34. The standard InChI is InChI=1S/C23H25N3O4/c1-15-8-7-9-24-21(15)26-14-18(22(27)25-10-5-4-6-11-25)16-12-19(29-2)20(30-3)13-17(16)23(26)28/h7-9,12-14H,4-6,10-11H2,1-3H3. The van der Waals surface area contributed by atoms with Crippen molar-refractivity contribution in [3.8, 4) is 17.3 Å². The highest BCUT2D eigenvalue weighted by Gasteiger charge is 2.24. The molecule has 0 unspecified atom stereocenters. The van der Waals surface area contributed by atoms with Crippen molar-refractivity contribution in [2.45, 2.75) is 26.2 Å². The first-order chi connectivity index (χ1) is 14.5. The van der Waals surface area contributed by atoms with Gasteiger partial charge in [0, 0.05) is 30.9 Å². The number of carbonyl (C=O) groups excluding carboxylic acids is 1. The third-order valence-electron chi connectivity index (χ3n) is 5.60. The minimum Gasteiger partial charge on any atom is -0.493 e. The van der Waals surface area contributed by atoms with E-state index >= 15 is 0 Å². The Balaban J connectivity index is 2.02. The summed E-state index contributed by atoms with van der Waals surface area (Å²) in [5.41, 5.74) is 1.04. The lowest BCUT2D eigenvalue weighted by Gasteiger charge is -2.27. The van der Waals surface area contributed by atoms with Crippen molar-refractivity contribution in [2.75, 3.05) is 27.3 Å². The van der Waals surface area contributed by atoms with Crippen LogP contribution in [-0.2, 0) is 0 Å². The van der Waals surface area contributed by atoms with Crippen LogP contribution in [0.5, 0.6) is 11.5 Å². The number of methoxy groups -OCH3 is 2. The maximum atomic E-state index is 13.5. The minimum absolute atomic E-state index is 0.0887. The van der Waals surface area contributed by atoms with E-state index in [2.05, 4.69) is 4.98 Å². The lowest BCUT2D eigenvalue weighted by atomic mass is 10.0. The van der Waals surface area contributed by atoms with Crippen molar-refractivity contribution in [1.29, 1.82) is 0 Å². The Morgan fingerprint density at radius 3 is 2.33 bits per heavy atom. The molecule has 7 heteroatoms. The largest absolute Gasteiger partial charge is 0.493 e. The monoisotopic (exact) mass is 407 g/mol. The van der Waals surface area contributed by atoms with E-state index in [0.717, 1.165) is 37.9 Å². The van der Waals surface area contributed by atoms with E-state index in [1.165, 1.54) is 18.8 Å². The summed E-state index contributed by atoms with van der Waals surface area (Å²) in [4.78, 5) is 33.1. The van der Waals surface area contributed by atoms with Gasteiger partial charge in [0.1, 0.15) is 5.82 Å². The lowest BCUT2D eigenvalue weighted by Crippen LogP contribution is -2.36. The zero-order valence-electron chi connectivity index (χ0n) is 17.5. The van der Waals surface area contributed by atoms with Crippen molar-refractivity contribution < 1.29 is 14.3 Å². The van der Waals surface area contributed by atoms with Crippen LogP contribution >= 0.6 is 0 Å². The molecule has 1 aromatic carbocycles. The normalized spacial score (nSPS) is 14.0. The van der Waals surface area contributed by atoms with Gasteiger partial charge in [0.05, 0.1) is 25.2 Å². The van der Waals surface area contributed by atoms with E-state index in [4.69, 9.17) is 9.47 Å². The maximum Gasteiger partial charge on any atom is 0.264 e. The van der Waals surface area contributed by atoms with Gasteiger partial charge in [0.2, 0.25) is 0 Å². The highest BCUT2D eigenvalue weighted by molar-refractivity contribution is 6.07. The second kappa shape index (κ2) is 8.18. The van der Waals surface area contributed by atoms with Crippen LogP contribution in [0.2, 0.25) is 0 Å². The van der Waals surface area contributed by atoms with Crippen LogP contribution in [0, 0.1) is 6.92 Å². The average molecular weight is 407 g/mol. The first-order valence-corrected chi connectivity index (χ1v) is 10.1. The van der Waals surface area contributed by atoms with Crippen molar-refractivity contribution >= 4 is 16.7 Å². The molecule has 0 bridgehead atoms. The Hall–Kier alpha value is -3.35. The van der Waals surface area contributed by atoms with Gasteiger partial charge < -0.3 is 14.4 Å². The van der Waals surface area contributed by atoms with Crippen molar-refractivity contribution in [3.63, 3.8) is 0 Å². The maximum absolute atomic E-state index is 13.5. The molecule has 0 atom stereocenters. The van der Waals surface area contributed by atoms with Crippen molar-refractivity contribution in [2.24, 2.45) is 0 Å². The van der Waals surface area contributed by atoms with Crippen LogP contribution in [0.3, 0.4) is 0 Å². The van der Waals surface area contributed by atoms with Crippen LogP contribution in [0.1, 0.15) is 35.2 Å². The quantitative estimate of drug-likeness (QED) is 0.663. The minimum atomic E-state index is -0.261. The molecule has 0 radical (unpaired) electrons. The molecule has 3 heterocycles. The fourth-order valence-electron chi connectivity index (χ4n) is 3.99. The van der Waals surface area contributed by atoms with E-state index < -0.39 is 0 Å². The number of hydrogen-bond acceptors (Lipinski definition) is 5. The molecule has 7 nitrogen and oxygen atoms in total. The number of hydrogen-bond donors (Lipinski definition) is 0. The molecule has 3 aromatic rings. The van der Waals surface area contributed by atoms with Crippen molar-refractivity contribution in [3.05, 3.63) is 58.1 Å². The van der Waals surface area contributed by atoms with Gasteiger partial charge in [-0.05, 0) is 49.9 Å². The van der Waals surface area contributed by atoms with Crippen LogP contribution in [0.25, 0.3) is 16.6 Å². The molecule has 1 saturated heterocycles. The molecule has 2 aromatic heterocycles. The van der Waals surface area contributed by atoms with Gasteiger partial charge in [-0.1, -0.05) is 6.07 Å². The van der Waals surface area contributed by atoms with Gasteiger partial charge in [-0.15, -0.1) is 0 Å². The van der Waals surface area contributed by atoms with Gasteiger partial charge in [0.25, 0.3) is 11.5 Å². The fourth-order valence-corrected chi connectivity index (χ4v) is 3.99. The third kappa shape index (κ3) is 3.40. The number of pyridine rings is 2. The number of carbonyl (C=O) groups is 1. The molecule has 1 aliphatic rings. The molecule has 0 N–H and O–H groups in total. The Labute approximate surface area is 174 Å². The topological polar surface area (TPSA) is 73.7 Å². The molecular formula is C23H25N3O4. The van der Waals surface area contributed by atoms with Gasteiger partial charge in [-0.25, -0.2) is 4.98 Å². The summed E-state index contributed by atoms with van der Waals surface area (Å²) in [7, 11) is 3.06. The molecule has 0 saturated carbocycles. The number of aromatic nitrogens is 2. The summed E-state index contributed by atoms with van der Waals surface area (Å²) in [5, 5.41) is 0.943. The second-order valence-electron chi connectivity index (χ2n) is 7.47. The van der Waals surface area contributed by atoms with Gasteiger partial charge in [-0.2, -0.15) is 0 Å². The molecule has 0 spiro atoms. The summed E-state index contributed by atoms with van der Waals surface area (Å²) < 4.78 is 12.3. The zero-order chi connectivity index (χ0) is 21.3. The Morgan fingerprint density at radius 2 is 1.70 bits per heavy atom. The number of likely N-dealkylation sites (tertiary alicyclic amines) is 1. The number of benzene rings is 1. The van der Waals surface area contributed by atoms with E-state index in [1.807, 2.05) is 24.0 Å². The zero-order valence-corrected chi connectivity index (χ0v) is 17.5. The van der Waals surface area contributed by atoms with Crippen LogP contribution in [0.4, 0.5) is 0 Å². The first kappa shape index (κ1) is 19.9. The van der Waals surface area contributed by atoms with Gasteiger partial charge in [0.15, 0.2) is 11.5 Å². The van der Waals surface area contributed by atoms with E-state index in [1.54, 1.807) is 24.5 Å². The molecule has 1 amide bonds. The second-order valence-corrected chi connectivity index (χ2v) is 7.47. The smallest absolute Gasteiger partial charge is 0.264 e. The molecule has 0 aliphatic carbocycles. The van der Waals surface area contributed by atoms with Crippen LogP contribution in [0.15, 0.2) is 41.5 Å². The molecule has 4 rings (SSSR count). The number of fused-ring (bicyclic) bond motifs is 1. The molecule has 30 heavy (non-hydrogen) atoms. The molecule has 1 aliphatic heterocycles. The number of ether oxygens (including phenoxy) is 2. The highest BCUT2D eigenvalue weighted by Crippen LogP contribution is 2.33. The lowest BCUT2D eigenvalue weighted by molar-refractivity contribution is 0.0725. The number of amides is 1. The summed E-state index contributed by atoms with van der Waals surface area (Å²) in [5.74, 6) is 1.33.